The van der Waals surface area contributed by atoms with Gasteiger partial charge in [-0.25, -0.2) is 4.79 Å². The quantitative estimate of drug-likeness (QED) is 0.376. The minimum absolute atomic E-state index is 0.00253. The second-order valence-electron chi connectivity index (χ2n) is 9.63. The lowest BCUT2D eigenvalue weighted by Crippen LogP contribution is -2.49. The number of methoxy groups -OCH3 is 2. The Morgan fingerprint density at radius 1 is 0.944 bits per heavy atom. The van der Waals surface area contributed by atoms with Gasteiger partial charge in [-0.1, -0.05) is 38.3 Å². The van der Waals surface area contributed by atoms with Gasteiger partial charge in [0.25, 0.3) is 0 Å². The first-order chi connectivity index (χ1) is 17.4. The second-order valence-corrected chi connectivity index (χ2v) is 9.63. The number of benzene rings is 2. The highest BCUT2D eigenvalue weighted by atomic mass is 16.5. The highest BCUT2D eigenvalue weighted by molar-refractivity contribution is 5.93. The fraction of sp³-hybridized carbons (Fsp3) is 0.517. The molecule has 1 saturated heterocycles. The third-order valence-corrected chi connectivity index (χ3v) is 6.75. The van der Waals surface area contributed by atoms with Gasteiger partial charge in [0.2, 0.25) is 5.91 Å². The molecule has 0 atom stereocenters. The predicted octanol–water partition coefficient (Wildman–Crippen LogP) is 5.29. The number of nitrogens with zero attached hydrogens (tertiary/aromatic N) is 3. The van der Waals surface area contributed by atoms with Crippen LogP contribution in [0.2, 0.25) is 0 Å². The number of anilines is 1. The SMILES string of the molecule is CCCCCCc1cc(N2CCCN(Cc3ccc(CC(=O)N(C)C)cc3OC)C2=O)ccc1OC. The number of likely N-dealkylation sites (N-methyl/N-ethyl adjacent to an activating group) is 1. The van der Waals surface area contributed by atoms with Crippen LogP contribution in [0.1, 0.15) is 55.7 Å². The molecule has 0 aromatic heterocycles. The Morgan fingerprint density at radius 2 is 1.72 bits per heavy atom. The average Bonchev–Trinajstić information content (AvgIpc) is 2.88. The molecule has 2 aromatic rings. The molecule has 3 amide bonds. The monoisotopic (exact) mass is 495 g/mol. The number of hydrogen-bond donors (Lipinski definition) is 0. The van der Waals surface area contributed by atoms with Crippen molar-refractivity contribution < 1.29 is 19.1 Å². The van der Waals surface area contributed by atoms with Gasteiger partial charge < -0.3 is 19.3 Å². The topological polar surface area (TPSA) is 62.3 Å². The van der Waals surface area contributed by atoms with Crippen LogP contribution >= 0.6 is 0 Å². The molecular formula is C29H41N3O4. The van der Waals surface area contributed by atoms with Crippen molar-refractivity contribution >= 4 is 17.6 Å². The highest BCUT2D eigenvalue weighted by Crippen LogP contribution is 2.30. The molecule has 7 heteroatoms. The van der Waals surface area contributed by atoms with Crippen LogP contribution in [0.4, 0.5) is 10.5 Å². The number of aryl methyl sites for hydroxylation is 1. The smallest absolute Gasteiger partial charge is 0.324 e. The van der Waals surface area contributed by atoms with Gasteiger partial charge in [-0.15, -0.1) is 0 Å². The molecule has 196 valence electrons. The van der Waals surface area contributed by atoms with Crippen LogP contribution in [0.3, 0.4) is 0 Å². The molecular weight excluding hydrogens is 454 g/mol. The second kappa shape index (κ2) is 13.2. The molecule has 0 aliphatic carbocycles. The summed E-state index contributed by atoms with van der Waals surface area (Å²) in [5, 5.41) is 0. The summed E-state index contributed by atoms with van der Waals surface area (Å²) in [5.41, 5.74) is 3.90. The first-order valence-corrected chi connectivity index (χ1v) is 13.0. The van der Waals surface area contributed by atoms with Crippen molar-refractivity contribution in [2.75, 3.05) is 46.3 Å². The van der Waals surface area contributed by atoms with Crippen molar-refractivity contribution in [1.82, 2.24) is 9.80 Å². The number of hydrogen-bond acceptors (Lipinski definition) is 4. The summed E-state index contributed by atoms with van der Waals surface area (Å²) in [4.78, 5) is 30.9. The summed E-state index contributed by atoms with van der Waals surface area (Å²) in [7, 11) is 6.83. The minimum Gasteiger partial charge on any atom is -0.496 e. The van der Waals surface area contributed by atoms with E-state index in [-0.39, 0.29) is 11.9 Å². The van der Waals surface area contributed by atoms with Gasteiger partial charge in [0.1, 0.15) is 11.5 Å². The Hall–Kier alpha value is -3.22. The number of urea groups is 1. The predicted molar refractivity (Wildman–Crippen MR) is 144 cm³/mol. The van der Waals surface area contributed by atoms with Crippen LogP contribution in [0, 0.1) is 0 Å². The van der Waals surface area contributed by atoms with Crippen molar-refractivity contribution in [1.29, 1.82) is 0 Å². The highest BCUT2D eigenvalue weighted by Gasteiger charge is 2.28. The standard InChI is InChI=1S/C29H41N3O4/c1-6-7-8-9-11-23-20-25(14-15-26(23)35-4)32-17-10-16-31(29(32)34)21-24-13-12-22(18-27(24)36-5)19-28(33)30(2)3/h12-15,18,20H,6-11,16-17,19,21H2,1-5H3. The minimum atomic E-state index is -0.00253. The number of carbonyl (C=O) groups excluding carboxylic acids is 2. The molecule has 0 spiro atoms. The van der Waals surface area contributed by atoms with Crippen molar-refractivity contribution in [3.8, 4) is 11.5 Å². The lowest BCUT2D eigenvalue weighted by atomic mass is 10.0. The largest absolute Gasteiger partial charge is 0.496 e. The Bertz CT molecular complexity index is 1040. The van der Waals surface area contributed by atoms with Crippen LogP contribution in [-0.2, 0) is 24.2 Å². The summed E-state index contributed by atoms with van der Waals surface area (Å²) in [6, 6.07) is 11.9. The van der Waals surface area contributed by atoms with Crippen molar-refractivity contribution in [3.63, 3.8) is 0 Å². The van der Waals surface area contributed by atoms with Crippen molar-refractivity contribution in [3.05, 3.63) is 53.1 Å². The molecule has 0 N–H and O–H groups in total. The van der Waals surface area contributed by atoms with Crippen LogP contribution in [0.15, 0.2) is 36.4 Å². The van der Waals surface area contributed by atoms with E-state index in [1.165, 1.54) is 19.3 Å². The molecule has 1 aliphatic rings. The fourth-order valence-electron chi connectivity index (χ4n) is 4.61. The van der Waals surface area contributed by atoms with Gasteiger partial charge in [-0.2, -0.15) is 0 Å². The van der Waals surface area contributed by atoms with Crippen LogP contribution < -0.4 is 14.4 Å². The van der Waals surface area contributed by atoms with Crippen molar-refractivity contribution in [2.24, 2.45) is 0 Å². The van der Waals surface area contributed by atoms with Gasteiger partial charge in [-0.3, -0.25) is 9.69 Å². The lowest BCUT2D eigenvalue weighted by molar-refractivity contribution is -0.127. The molecule has 36 heavy (non-hydrogen) atoms. The first-order valence-electron chi connectivity index (χ1n) is 13.0. The van der Waals surface area contributed by atoms with Gasteiger partial charge in [-0.05, 0) is 54.7 Å². The van der Waals surface area contributed by atoms with Crippen LogP contribution in [0.25, 0.3) is 0 Å². The Balaban J connectivity index is 1.74. The maximum atomic E-state index is 13.5. The van der Waals surface area contributed by atoms with E-state index in [1.807, 2.05) is 40.1 Å². The molecule has 0 unspecified atom stereocenters. The maximum Gasteiger partial charge on any atom is 0.324 e. The lowest BCUT2D eigenvalue weighted by Gasteiger charge is -2.36. The van der Waals surface area contributed by atoms with E-state index in [0.29, 0.717) is 31.8 Å². The number of carbonyl (C=O) groups is 2. The summed E-state index contributed by atoms with van der Waals surface area (Å²) in [6.45, 7) is 4.06. The van der Waals surface area contributed by atoms with Gasteiger partial charge >= 0.3 is 6.03 Å². The Labute approximate surface area is 216 Å². The summed E-state index contributed by atoms with van der Waals surface area (Å²) >= 11 is 0. The normalized spacial score (nSPS) is 13.6. The van der Waals surface area contributed by atoms with E-state index in [4.69, 9.17) is 9.47 Å². The number of rotatable bonds is 12. The molecule has 0 saturated carbocycles. The molecule has 1 heterocycles. The zero-order valence-corrected chi connectivity index (χ0v) is 22.5. The Morgan fingerprint density at radius 3 is 2.42 bits per heavy atom. The maximum absolute atomic E-state index is 13.5. The van der Waals surface area contributed by atoms with E-state index in [0.717, 1.165) is 47.4 Å². The summed E-state index contributed by atoms with van der Waals surface area (Å²) < 4.78 is 11.2. The third-order valence-electron chi connectivity index (χ3n) is 6.75. The van der Waals surface area contributed by atoms with E-state index in [9.17, 15) is 9.59 Å². The van der Waals surface area contributed by atoms with E-state index in [1.54, 1.807) is 33.2 Å². The molecule has 1 aliphatic heterocycles. The van der Waals surface area contributed by atoms with E-state index in [2.05, 4.69) is 13.0 Å². The molecule has 0 radical (unpaired) electrons. The number of ether oxygens (including phenoxy) is 2. The fourth-order valence-corrected chi connectivity index (χ4v) is 4.61. The number of unbranched alkanes of at least 4 members (excludes halogenated alkanes) is 3. The molecule has 2 aromatic carbocycles. The summed E-state index contributed by atoms with van der Waals surface area (Å²) in [5.74, 6) is 1.62. The first kappa shape index (κ1) is 27.4. The van der Waals surface area contributed by atoms with Crippen LogP contribution in [0.5, 0.6) is 11.5 Å². The zero-order chi connectivity index (χ0) is 26.1. The third kappa shape index (κ3) is 6.93. The van der Waals surface area contributed by atoms with Gasteiger partial charge in [0.15, 0.2) is 0 Å². The molecule has 7 nitrogen and oxygen atoms in total. The Kier molecular flexibility index (Phi) is 10.0. The number of amides is 3. The zero-order valence-electron chi connectivity index (χ0n) is 22.5. The summed E-state index contributed by atoms with van der Waals surface area (Å²) in [6.07, 6.45) is 6.91. The van der Waals surface area contributed by atoms with E-state index >= 15 is 0 Å². The van der Waals surface area contributed by atoms with Gasteiger partial charge in [0, 0.05) is 38.4 Å². The van der Waals surface area contributed by atoms with E-state index < -0.39 is 0 Å². The average molecular weight is 496 g/mol. The van der Waals surface area contributed by atoms with Crippen LogP contribution in [-0.4, -0.2) is 63.1 Å². The molecule has 3 rings (SSSR count). The van der Waals surface area contributed by atoms with Crippen molar-refractivity contribution in [2.45, 2.75) is 58.4 Å². The molecule has 1 fully saturated rings. The molecule has 0 bridgehead atoms. The van der Waals surface area contributed by atoms with Gasteiger partial charge in [0.05, 0.1) is 27.2 Å².